The third-order valence-corrected chi connectivity index (χ3v) is 5.48. The lowest BCUT2D eigenvalue weighted by Crippen LogP contribution is -2.20. The van der Waals surface area contributed by atoms with Gasteiger partial charge in [0.25, 0.3) is 0 Å². The molecule has 0 bridgehead atoms. The summed E-state index contributed by atoms with van der Waals surface area (Å²) in [5.74, 6) is -0.923. The molecular formula is C25H30FN3O3. The van der Waals surface area contributed by atoms with Gasteiger partial charge in [0, 0.05) is 22.7 Å². The zero-order chi connectivity index (χ0) is 23.8. The molecule has 2 aromatic heterocycles. The summed E-state index contributed by atoms with van der Waals surface area (Å²) < 4.78 is 20.5. The van der Waals surface area contributed by atoms with Gasteiger partial charge in [0.15, 0.2) is 5.43 Å². The Morgan fingerprint density at radius 2 is 1.88 bits per heavy atom. The van der Waals surface area contributed by atoms with Gasteiger partial charge in [-0.3, -0.25) is 9.48 Å². The van der Waals surface area contributed by atoms with Gasteiger partial charge >= 0.3 is 5.97 Å². The van der Waals surface area contributed by atoms with Crippen LogP contribution >= 0.6 is 0 Å². The Labute approximate surface area is 187 Å². The molecule has 3 aromatic rings. The molecule has 0 atom stereocenters. The first kappa shape index (κ1) is 23.4. The van der Waals surface area contributed by atoms with Crippen molar-refractivity contribution in [2.24, 2.45) is 0 Å². The van der Waals surface area contributed by atoms with Gasteiger partial charge in [-0.15, -0.1) is 0 Å². The number of hydrogen-bond donors (Lipinski definition) is 1. The van der Waals surface area contributed by atoms with Crippen LogP contribution in [-0.4, -0.2) is 27.3 Å². The van der Waals surface area contributed by atoms with Crippen molar-refractivity contribution >= 4 is 5.97 Å². The molecule has 32 heavy (non-hydrogen) atoms. The fourth-order valence-electron chi connectivity index (χ4n) is 3.99. The molecule has 0 aliphatic heterocycles. The first-order valence-electron chi connectivity index (χ1n) is 10.7. The number of esters is 1. The van der Waals surface area contributed by atoms with E-state index in [1.165, 1.54) is 18.2 Å². The highest BCUT2D eigenvalue weighted by atomic mass is 19.1. The number of ether oxygens (including phenoxy) is 1. The number of aromatic amines is 1. The Hall–Kier alpha value is -3.22. The zero-order valence-corrected chi connectivity index (χ0v) is 19.7. The Morgan fingerprint density at radius 1 is 1.19 bits per heavy atom. The van der Waals surface area contributed by atoms with E-state index in [0.29, 0.717) is 17.9 Å². The summed E-state index contributed by atoms with van der Waals surface area (Å²) >= 11 is 0. The van der Waals surface area contributed by atoms with Crippen LogP contribution < -0.4 is 5.43 Å². The van der Waals surface area contributed by atoms with Crippen LogP contribution in [0.3, 0.4) is 0 Å². The maximum absolute atomic E-state index is 13.6. The molecular weight excluding hydrogens is 409 g/mol. The number of carbonyl (C=O) groups excluding carboxylic acids is 1. The number of aromatic nitrogens is 3. The number of pyridine rings is 1. The highest BCUT2D eigenvalue weighted by Crippen LogP contribution is 2.32. The van der Waals surface area contributed by atoms with Crippen molar-refractivity contribution in [3.63, 3.8) is 0 Å². The van der Waals surface area contributed by atoms with E-state index in [-0.39, 0.29) is 23.4 Å². The first-order valence-corrected chi connectivity index (χ1v) is 10.7. The number of carbonyl (C=O) groups is 1. The van der Waals surface area contributed by atoms with E-state index < -0.39 is 11.4 Å². The number of rotatable bonds is 5. The minimum absolute atomic E-state index is 0.00439. The van der Waals surface area contributed by atoms with Crippen molar-refractivity contribution in [3.05, 3.63) is 73.9 Å². The van der Waals surface area contributed by atoms with E-state index in [1.807, 2.05) is 18.5 Å². The third-order valence-electron chi connectivity index (χ3n) is 5.48. The molecule has 0 saturated carbocycles. The highest BCUT2D eigenvalue weighted by molar-refractivity contribution is 5.90. The van der Waals surface area contributed by atoms with Crippen molar-refractivity contribution in [2.45, 2.75) is 60.4 Å². The monoisotopic (exact) mass is 439 g/mol. The maximum Gasteiger partial charge on any atom is 0.343 e. The molecule has 2 heterocycles. The fourth-order valence-corrected chi connectivity index (χ4v) is 3.99. The second-order valence-corrected chi connectivity index (χ2v) is 9.07. The van der Waals surface area contributed by atoms with Gasteiger partial charge in [-0.05, 0) is 51.0 Å². The lowest BCUT2D eigenvalue weighted by atomic mass is 9.89. The molecule has 0 aliphatic carbocycles. The van der Waals surface area contributed by atoms with Crippen molar-refractivity contribution in [1.29, 1.82) is 0 Å². The van der Waals surface area contributed by atoms with Crippen LogP contribution in [0.4, 0.5) is 4.39 Å². The number of benzene rings is 1. The second-order valence-electron chi connectivity index (χ2n) is 9.07. The fraction of sp³-hybridized carbons (Fsp3) is 0.400. The highest BCUT2D eigenvalue weighted by Gasteiger charge is 2.27. The van der Waals surface area contributed by atoms with Crippen LogP contribution in [0.25, 0.3) is 11.4 Å². The Kier molecular flexibility index (Phi) is 6.39. The van der Waals surface area contributed by atoms with Crippen molar-refractivity contribution in [3.8, 4) is 11.4 Å². The number of H-pyrrole nitrogens is 1. The Bertz CT molecular complexity index is 1230. The summed E-state index contributed by atoms with van der Waals surface area (Å²) in [7, 11) is 0. The lowest BCUT2D eigenvalue weighted by molar-refractivity contribution is 0.0523. The number of halogens is 1. The lowest BCUT2D eigenvalue weighted by Gasteiger charge is -2.16. The molecule has 0 spiro atoms. The molecule has 1 aromatic carbocycles. The van der Waals surface area contributed by atoms with Crippen molar-refractivity contribution in [1.82, 2.24) is 14.8 Å². The van der Waals surface area contributed by atoms with Crippen LogP contribution in [-0.2, 0) is 16.7 Å². The van der Waals surface area contributed by atoms with Crippen LogP contribution in [0.15, 0.2) is 29.1 Å². The quantitative estimate of drug-likeness (QED) is 0.578. The number of aryl methyl sites for hydroxylation is 2. The minimum Gasteiger partial charge on any atom is -0.462 e. The molecule has 0 fully saturated rings. The van der Waals surface area contributed by atoms with E-state index in [2.05, 4.69) is 25.8 Å². The molecule has 0 radical (unpaired) electrons. The molecule has 1 N–H and O–H groups in total. The average molecular weight is 440 g/mol. The molecule has 0 amide bonds. The van der Waals surface area contributed by atoms with Gasteiger partial charge in [0.05, 0.1) is 30.2 Å². The topological polar surface area (TPSA) is 77.0 Å². The van der Waals surface area contributed by atoms with E-state index >= 15 is 0 Å². The van der Waals surface area contributed by atoms with E-state index in [9.17, 15) is 14.0 Å². The summed E-state index contributed by atoms with van der Waals surface area (Å²) in [5.41, 5.74) is 4.74. The standard InChI is InChI=1S/C25H30FN3O3/c1-8-32-24(31)21-16(4)27-19(12-20(21)30)22-15(3)23(25(5,6)7)28-29(22)13-17-9-10-18(26)11-14(17)2/h9-12H,8,13H2,1-7H3,(H,27,30). The van der Waals surface area contributed by atoms with Crippen LogP contribution in [0, 0.1) is 26.6 Å². The molecule has 0 unspecified atom stereocenters. The molecule has 7 heteroatoms. The number of nitrogens with zero attached hydrogens (tertiary/aromatic N) is 2. The van der Waals surface area contributed by atoms with E-state index in [1.54, 1.807) is 19.9 Å². The number of hydrogen-bond acceptors (Lipinski definition) is 4. The first-order chi connectivity index (χ1) is 14.9. The van der Waals surface area contributed by atoms with Crippen molar-refractivity contribution in [2.75, 3.05) is 6.61 Å². The summed E-state index contributed by atoms with van der Waals surface area (Å²) in [5, 5.41) is 4.87. The zero-order valence-electron chi connectivity index (χ0n) is 19.7. The summed E-state index contributed by atoms with van der Waals surface area (Å²) in [4.78, 5) is 28.3. The molecule has 0 aliphatic rings. The third kappa shape index (κ3) is 4.52. The molecule has 3 rings (SSSR count). The number of nitrogens with one attached hydrogen (secondary N) is 1. The van der Waals surface area contributed by atoms with E-state index in [0.717, 1.165) is 28.1 Å². The summed E-state index contributed by atoms with van der Waals surface area (Å²) in [6.45, 7) is 14.1. The van der Waals surface area contributed by atoms with Gasteiger partial charge in [0.1, 0.15) is 11.4 Å². The SMILES string of the molecule is CCOC(=O)c1c(C)[nH]c(-c2c(C)c(C(C)(C)C)nn2Cc2ccc(F)cc2C)cc1=O. The van der Waals surface area contributed by atoms with Gasteiger partial charge in [-0.25, -0.2) is 9.18 Å². The van der Waals surface area contributed by atoms with Gasteiger partial charge in [-0.2, -0.15) is 5.10 Å². The van der Waals surface area contributed by atoms with Gasteiger partial charge in [-0.1, -0.05) is 26.8 Å². The largest absolute Gasteiger partial charge is 0.462 e. The van der Waals surface area contributed by atoms with Gasteiger partial charge < -0.3 is 9.72 Å². The normalized spacial score (nSPS) is 11.6. The van der Waals surface area contributed by atoms with Crippen LogP contribution in [0.5, 0.6) is 0 Å². The predicted molar refractivity (Wildman–Crippen MR) is 123 cm³/mol. The maximum atomic E-state index is 13.6. The smallest absolute Gasteiger partial charge is 0.343 e. The second kappa shape index (κ2) is 8.73. The molecule has 6 nitrogen and oxygen atoms in total. The van der Waals surface area contributed by atoms with E-state index in [4.69, 9.17) is 9.84 Å². The van der Waals surface area contributed by atoms with Gasteiger partial charge in [0.2, 0.25) is 0 Å². The van der Waals surface area contributed by atoms with Crippen LogP contribution in [0.2, 0.25) is 0 Å². The Morgan fingerprint density at radius 3 is 2.44 bits per heavy atom. The molecule has 170 valence electrons. The average Bonchev–Trinajstić information content (AvgIpc) is 3.00. The van der Waals surface area contributed by atoms with Crippen LogP contribution in [0.1, 0.15) is 66.1 Å². The Balaban J connectivity index is 2.20. The predicted octanol–water partition coefficient (Wildman–Crippen LogP) is 4.83. The van der Waals surface area contributed by atoms with Crippen molar-refractivity contribution < 1.29 is 13.9 Å². The molecule has 0 saturated heterocycles. The minimum atomic E-state index is -0.639. The summed E-state index contributed by atoms with van der Waals surface area (Å²) in [6, 6.07) is 6.10. The summed E-state index contributed by atoms with van der Waals surface area (Å²) in [6.07, 6.45) is 0.